The number of carbonyl (C=O) groups is 1. The van der Waals surface area contributed by atoms with Gasteiger partial charge in [-0.15, -0.1) is 0 Å². The van der Waals surface area contributed by atoms with Crippen LogP contribution in [0.4, 0.5) is 5.69 Å². The average molecular weight is 293 g/mol. The number of rotatable bonds is 5. The molecule has 1 heterocycles. The van der Waals surface area contributed by atoms with E-state index in [4.69, 9.17) is 5.11 Å². The van der Waals surface area contributed by atoms with Gasteiger partial charge in [0.05, 0.1) is 17.6 Å². The lowest BCUT2D eigenvalue weighted by atomic mass is 10.1. The van der Waals surface area contributed by atoms with E-state index in [1.807, 2.05) is 48.5 Å². The molecule has 0 spiro atoms. The van der Waals surface area contributed by atoms with Gasteiger partial charge in [0, 0.05) is 11.8 Å². The standard InChI is InChI=1S/C17H15N3O2/c21-17(22)10-9-12-5-1-2-6-13(12)18-11-16-19-14-7-3-4-8-15(14)20-16/h1-10,18H,11H2,(H,19,20)(H,21,22)/b10-9+. The molecule has 3 aromatic rings. The van der Waals surface area contributed by atoms with E-state index in [0.717, 1.165) is 34.2 Å². The Labute approximate surface area is 127 Å². The zero-order valence-electron chi connectivity index (χ0n) is 11.8. The van der Waals surface area contributed by atoms with Crippen LogP contribution in [0.25, 0.3) is 17.1 Å². The number of aromatic nitrogens is 2. The number of carboxylic acid groups (broad SMARTS) is 1. The molecule has 3 rings (SSSR count). The van der Waals surface area contributed by atoms with Crippen LogP contribution >= 0.6 is 0 Å². The number of hydrogen-bond donors (Lipinski definition) is 3. The molecule has 5 nitrogen and oxygen atoms in total. The summed E-state index contributed by atoms with van der Waals surface area (Å²) in [7, 11) is 0. The molecule has 0 bridgehead atoms. The van der Waals surface area contributed by atoms with Gasteiger partial charge in [0.15, 0.2) is 0 Å². The summed E-state index contributed by atoms with van der Waals surface area (Å²) in [5, 5.41) is 12.0. The minimum absolute atomic E-state index is 0.534. The van der Waals surface area contributed by atoms with Gasteiger partial charge >= 0.3 is 5.97 Å². The summed E-state index contributed by atoms with van der Waals surface area (Å²) in [6.07, 6.45) is 2.70. The minimum atomic E-state index is -0.966. The number of fused-ring (bicyclic) bond motifs is 1. The number of hydrogen-bond acceptors (Lipinski definition) is 3. The summed E-state index contributed by atoms with van der Waals surface area (Å²) in [4.78, 5) is 18.4. The number of aliphatic carboxylic acids is 1. The van der Waals surface area contributed by atoms with Crippen molar-refractivity contribution in [3.8, 4) is 0 Å². The van der Waals surface area contributed by atoms with E-state index in [9.17, 15) is 4.79 Å². The van der Waals surface area contributed by atoms with Crippen LogP contribution in [-0.2, 0) is 11.3 Å². The molecule has 1 aromatic heterocycles. The number of nitrogens with one attached hydrogen (secondary N) is 2. The van der Waals surface area contributed by atoms with Crippen LogP contribution in [0, 0.1) is 0 Å². The normalized spacial score (nSPS) is 11.1. The van der Waals surface area contributed by atoms with Crippen LogP contribution in [0.3, 0.4) is 0 Å². The number of benzene rings is 2. The van der Waals surface area contributed by atoms with Crippen LogP contribution in [0.2, 0.25) is 0 Å². The van der Waals surface area contributed by atoms with Crippen molar-refractivity contribution in [3.05, 3.63) is 66.0 Å². The van der Waals surface area contributed by atoms with Crippen molar-refractivity contribution in [1.82, 2.24) is 9.97 Å². The van der Waals surface area contributed by atoms with Crippen LogP contribution in [0.15, 0.2) is 54.6 Å². The van der Waals surface area contributed by atoms with Gasteiger partial charge in [0.25, 0.3) is 0 Å². The van der Waals surface area contributed by atoms with E-state index in [1.54, 1.807) is 6.08 Å². The lowest BCUT2D eigenvalue weighted by molar-refractivity contribution is -0.131. The highest BCUT2D eigenvalue weighted by Gasteiger charge is 2.03. The third-order valence-electron chi connectivity index (χ3n) is 3.25. The smallest absolute Gasteiger partial charge is 0.328 e. The monoisotopic (exact) mass is 293 g/mol. The third kappa shape index (κ3) is 3.15. The molecule has 22 heavy (non-hydrogen) atoms. The van der Waals surface area contributed by atoms with Gasteiger partial charge < -0.3 is 15.4 Å². The van der Waals surface area contributed by atoms with Gasteiger partial charge in [-0.05, 0) is 29.8 Å². The van der Waals surface area contributed by atoms with Crippen molar-refractivity contribution >= 4 is 28.8 Å². The Bertz CT molecular complexity index is 804. The second kappa shape index (κ2) is 6.13. The highest BCUT2D eigenvalue weighted by molar-refractivity contribution is 5.86. The van der Waals surface area contributed by atoms with Gasteiger partial charge in [-0.1, -0.05) is 30.3 Å². The Kier molecular flexibility index (Phi) is 3.87. The van der Waals surface area contributed by atoms with Crippen molar-refractivity contribution in [2.75, 3.05) is 5.32 Å². The second-order valence-corrected chi connectivity index (χ2v) is 4.81. The summed E-state index contributed by atoms with van der Waals surface area (Å²) in [5.41, 5.74) is 3.61. The Morgan fingerprint density at radius 3 is 2.77 bits per heavy atom. The van der Waals surface area contributed by atoms with Crippen molar-refractivity contribution in [2.45, 2.75) is 6.54 Å². The molecule has 0 saturated heterocycles. The topological polar surface area (TPSA) is 78.0 Å². The molecular formula is C17H15N3O2. The molecule has 0 fully saturated rings. The first-order chi connectivity index (χ1) is 10.7. The first-order valence-electron chi connectivity index (χ1n) is 6.90. The van der Waals surface area contributed by atoms with E-state index < -0.39 is 5.97 Å². The highest BCUT2D eigenvalue weighted by atomic mass is 16.4. The van der Waals surface area contributed by atoms with E-state index in [1.165, 1.54) is 0 Å². The van der Waals surface area contributed by atoms with Crippen LogP contribution < -0.4 is 5.32 Å². The SMILES string of the molecule is O=C(O)/C=C/c1ccccc1NCc1nc2ccccc2[nH]1. The van der Waals surface area contributed by atoms with Crippen molar-refractivity contribution in [1.29, 1.82) is 0 Å². The predicted octanol–water partition coefficient (Wildman–Crippen LogP) is 3.27. The summed E-state index contributed by atoms with van der Waals surface area (Å²) in [5.74, 6) is -0.134. The fraction of sp³-hybridized carbons (Fsp3) is 0.0588. The van der Waals surface area contributed by atoms with E-state index in [-0.39, 0.29) is 0 Å². The maximum Gasteiger partial charge on any atom is 0.328 e. The lowest BCUT2D eigenvalue weighted by Gasteiger charge is -2.07. The molecule has 0 radical (unpaired) electrons. The molecule has 0 aliphatic heterocycles. The fourth-order valence-electron chi connectivity index (χ4n) is 2.23. The first-order valence-corrected chi connectivity index (χ1v) is 6.90. The molecular weight excluding hydrogens is 278 g/mol. The maximum absolute atomic E-state index is 10.6. The van der Waals surface area contributed by atoms with Crippen LogP contribution in [0.1, 0.15) is 11.4 Å². The zero-order chi connectivity index (χ0) is 15.4. The second-order valence-electron chi connectivity index (χ2n) is 4.81. The number of H-pyrrole nitrogens is 1. The maximum atomic E-state index is 10.6. The highest BCUT2D eigenvalue weighted by Crippen LogP contribution is 2.18. The zero-order valence-corrected chi connectivity index (χ0v) is 11.8. The van der Waals surface area contributed by atoms with Gasteiger partial charge in [0.2, 0.25) is 0 Å². The van der Waals surface area contributed by atoms with Crippen molar-refractivity contribution in [3.63, 3.8) is 0 Å². The Balaban J connectivity index is 1.77. The molecule has 0 amide bonds. The molecule has 0 unspecified atom stereocenters. The van der Waals surface area contributed by atoms with Crippen LogP contribution in [0.5, 0.6) is 0 Å². The molecule has 0 aliphatic carbocycles. The van der Waals surface area contributed by atoms with E-state index in [2.05, 4.69) is 15.3 Å². The Hall–Kier alpha value is -3.08. The summed E-state index contributed by atoms with van der Waals surface area (Å²) in [6.45, 7) is 0.534. The van der Waals surface area contributed by atoms with Crippen molar-refractivity contribution < 1.29 is 9.90 Å². The Morgan fingerprint density at radius 2 is 1.95 bits per heavy atom. The van der Waals surface area contributed by atoms with Crippen LogP contribution in [-0.4, -0.2) is 21.0 Å². The number of para-hydroxylation sites is 3. The number of aromatic amines is 1. The molecule has 5 heteroatoms. The minimum Gasteiger partial charge on any atom is -0.478 e. The van der Waals surface area contributed by atoms with Gasteiger partial charge in [-0.2, -0.15) is 0 Å². The number of imidazole rings is 1. The van der Waals surface area contributed by atoms with Gasteiger partial charge in [-0.3, -0.25) is 0 Å². The Morgan fingerprint density at radius 1 is 1.18 bits per heavy atom. The van der Waals surface area contributed by atoms with Gasteiger partial charge in [0.1, 0.15) is 5.82 Å². The molecule has 0 atom stereocenters. The molecule has 2 aromatic carbocycles. The third-order valence-corrected chi connectivity index (χ3v) is 3.25. The number of anilines is 1. The van der Waals surface area contributed by atoms with Crippen molar-refractivity contribution in [2.24, 2.45) is 0 Å². The number of nitrogens with zero attached hydrogens (tertiary/aromatic N) is 1. The average Bonchev–Trinajstić information content (AvgIpc) is 2.94. The fourth-order valence-corrected chi connectivity index (χ4v) is 2.23. The molecule has 3 N–H and O–H groups in total. The molecule has 0 aliphatic rings. The molecule has 110 valence electrons. The predicted molar refractivity (Wildman–Crippen MR) is 86.5 cm³/mol. The molecule has 0 saturated carbocycles. The number of carboxylic acids is 1. The largest absolute Gasteiger partial charge is 0.478 e. The lowest BCUT2D eigenvalue weighted by Crippen LogP contribution is -2.02. The summed E-state index contributed by atoms with van der Waals surface area (Å²) < 4.78 is 0. The first kappa shape index (κ1) is 13.9. The van der Waals surface area contributed by atoms with E-state index in [0.29, 0.717) is 6.54 Å². The summed E-state index contributed by atoms with van der Waals surface area (Å²) in [6, 6.07) is 15.4. The summed E-state index contributed by atoms with van der Waals surface area (Å²) >= 11 is 0. The van der Waals surface area contributed by atoms with E-state index >= 15 is 0 Å². The van der Waals surface area contributed by atoms with Gasteiger partial charge in [-0.25, -0.2) is 9.78 Å². The quantitative estimate of drug-likeness (QED) is 0.631.